The third kappa shape index (κ3) is 1.77. The SMILES string of the molecule is Cn1ncc(C(O)C2=COCCC2)n1. The van der Waals surface area contributed by atoms with Crippen LogP contribution in [0.1, 0.15) is 24.6 Å². The lowest BCUT2D eigenvalue weighted by molar-refractivity contribution is 0.167. The molecule has 1 aromatic heterocycles. The summed E-state index contributed by atoms with van der Waals surface area (Å²) < 4.78 is 5.15. The smallest absolute Gasteiger partial charge is 0.124 e. The topological polar surface area (TPSA) is 60.2 Å². The second kappa shape index (κ2) is 3.79. The van der Waals surface area contributed by atoms with Crippen LogP contribution in [-0.4, -0.2) is 26.7 Å². The fourth-order valence-corrected chi connectivity index (χ4v) is 1.46. The molecule has 0 saturated heterocycles. The van der Waals surface area contributed by atoms with Crippen LogP contribution >= 0.6 is 0 Å². The second-order valence-electron chi connectivity index (χ2n) is 3.33. The maximum atomic E-state index is 9.89. The van der Waals surface area contributed by atoms with Gasteiger partial charge in [0.25, 0.3) is 0 Å². The minimum absolute atomic E-state index is 0.573. The van der Waals surface area contributed by atoms with Crippen LogP contribution in [0.5, 0.6) is 0 Å². The first-order valence-electron chi connectivity index (χ1n) is 4.62. The van der Waals surface area contributed by atoms with Crippen molar-refractivity contribution in [2.75, 3.05) is 6.61 Å². The van der Waals surface area contributed by atoms with Crippen LogP contribution in [0.15, 0.2) is 18.0 Å². The Kier molecular flexibility index (Phi) is 2.49. The number of hydrogen-bond acceptors (Lipinski definition) is 4. The van der Waals surface area contributed by atoms with Gasteiger partial charge in [0, 0.05) is 7.05 Å². The molecule has 76 valence electrons. The predicted octanol–water partition coefficient (Wildman–Crippen LogP) is 0.543. The van der Waals surface area contributed by atoms with Gasteiger partial charge in [-0.1, -0.05) is 0 Å². The molecule has 1 aliphatic heterocycles. The van der Waals surface area contributed by atoms with Gasteiger partial charge in [0.15, 0.2) is 0 Å². The average Bonchev–Trinajstić information content (AvgIpc) is 2.65. The van der Waals surface area contributed by atoms with Crippen molar-refractivity contribution in [1.29, 1.82) is 0 Å². The number of hydrogen-bond donors (Lipinski definition) is 1. The van der Waals surface area contributed by atoms with Crippen molar-refractivity contribution in [3.05, 3.63) is 23.7 Å². The summed E-state index contributed by atoms with van der Waals surface area (Å²) in [5.74, 6) is 0. The molecule has 0 aromatic carbocycles. The van der Waals surface area contributed by atoms with E-state index in [2.05, 4.69) is 10.2 Å². The highest BCUT2D eigenvalue weighted by Crippen LogP contribution is 2.25. The van der Waals surface area contributed by atoms with Crippen molar-refractivity contribution in [2.24, 2.45) is 7.05 Å². The van der Waals surface area contributed by atoms with Crippen LogP contribution in [0.2, 0.25) is 0 Å². The number of rotatable bonds is 2. The zero-order valence-corrected chi connectivity index (χ0v) is 8.05. The molecular formula is C9H13N3O2. The van der Waals surface area contributed by atoms with E-state index >= 15 is 0 Å². The molecule has 2 rings (SSSR count). The Bertz CT molecular complexity index is 346. The lowest BCUT2D eigenvalue weighted by Gasteiger charge is -2.16. The van der Waals surface area contributed by atoms with Gasteiger partial charge in [0.2, 0.25) is 0 Å². The van der Waals surface area contributed by atoms with Crippen molar-refractivity contribution in [2.45, 2.75) is 18.9 Å². The zero-order chi connectivity index (χ0) is 9.97. The molecule has 0 saturated carbocycles. The first-order valence-corrected chi connectivity index (χ1v) is 4.62. The summed E-state index contributed by atoms with van der Waals surface area (Å²) in [7, 11) is 1.72. The number of aryl methyl sites for hydroxylation is 1. The molecule has 0 spiro atoms. The Labute approximate surface area is 82.0 Å². The van der Waals surface area contributed by atoms with Crippen LogP contribution < -0.4 is 0 Å². The predicted molar refractivity (Wildman–Crippen MR) is 49.2 cm³/mol. The molecule has 2 heterocycles. The van der Waals surface area contributed by atoms with Crippen LogP contribution in [-0.2, 0) is 11.8 Å². The molecule has 1 N–H and O–H groups in total. The molecule has 0 bridgehead atoms. The standard InChI is InChI=1S/C9H13N3O2/c1-12-10-5-8(11-12)9(13)7-3-2-4-14-6-7/h5-6,9,13H,2-4H2,1H3. The van der Waals surface area contributed by atoms with Crippen LogP contribution in [0, 0.1) is 0 Å². The summed E-state index contributed by atoms with van der Waals surface area (Å²) in [4.78, 5) is 1.43. The summed E-state index contributed by atoms with van der Waals surface area (Å²) in [6.45, 7) is 0.733. The lowest BCUT2D eigenvalue weighted by Crippen LogP contribution is -2.08. The number of aliphatic hydroxyl groups is 1. The maximum absolute atomic E-state index is 9.89. The molecule has 0 radical (unpaired) electrons. The Morgan fingerprint density at radius 2 is 2.50 bits per heavy atom. The van der Waals surface area contributed by atoms with Crippen LogP contribution in [0.25, 0.3) is 0 Å². The van der Waals surface area contributed by atoms with E-state index in [1.165, 1.54) is 4.80 Å². The van der Waals surface area contributed by atoms with Crippen molar-refractivity contribution in [3.8, 4) is 0 Å². The number of aliphatic hydroxyl groups excluding tert-OH is 1. The minimum Gasteiger partial charge on any atom is -0.501 e. The number of nitrogens with zero attached hydrogens (tertiary/aromatic N) is 3. The van der Waals surface area contributed by atoms with Gasteiger partial charge in [-0.05, 0) is 18.4 Å². The molecule has 1 aliphatic rings. The number of ether oxygens (including phenoxy) is 1. The highest BCUT2D eigenvalue weighted by Gasteiger charge is 2.18. The highest BCUT2D eigenvalue weighted by molar-refractivity contribution is 5.16. The van der Waals surface area contributed by atoms with Crippen molar-refractivity contribution < 1.29 is 9.84 Å². The quantitative estimate of drug-likeness (QED) is 0.748. The first-order chi connectivity index (χ1) is 6.77. The monoisotopic (exact) mass is 195 g/mol. The van der Waals surface area contributed by atoms with Crippen molar-refractivity contribution in [1.82, 2.24) is 15.0 Å². The first kappa shape index (κ1) is 9.21. The second-order valence-corrected chi connectivity index (χ2v) is 3.33. The fraction of sp³-hybridized carbons (Fsp3) is 0.556. The number of aromatic nitrogens is 3. The van der Waals surface area contributed by atoms with Crippen molar-refractivity contribution >= 4 is 0 Å². The van der Waals surface area contributed by atoms with Crippen LogP contribution in [0.3, 0.4) is 0 Å². The lowest BCUT2D eigenvalue weighted by atomic mass is 10.0. The van der Waals surface area contributed by atoms with E-state index in [4.69, 9.17) is 4.74 Å². The molecule has 0 aliphatic carbocycles. The van der Waals surface area contributed by atoms with E-state index in [9.17, 15) is 5.11 Å². The summed E-state index contributed by atoms with van der Waals surface area (Å²) in [5.41, 5.74) is 1.45. The van der Waals surface area contributed by atoms with Crippen molar-refractivity contribution in [3.63, 3.8) is 0 Å². The molecule has 1 aromatic rings. The molecule has 1 unspecified atom stereocenters. The van der Waals surface area contributed by atoms with E-state index in [1.54, 1.807) is 19.5 Å². The molecule has 0 amide bonds. The third-order valence-corrected chi connectivity index (χ3v) is 2.21. The van der Waals surface area contributed by atoms with Gasteiger partial charge in [0.1, 0.15) is 11.8 Å². The Balaban J connectivity index is 2.14. The van der Waals surface area contributed by atoms with Gasteiger partial charge in [-0.2, -0.15) is 15.0 Å². The van der Waals surface area contributed by atoms with E-state index < -0.39 is 6.10 Å². The van der Waals surface area contributed by atoms with Gasteiger partial charge in [0.05, 0.1) is 19.1 Å². The summed E-state index contributed by atoms with van der Waals surface area (Å²) in [6.07, 6.45) is 4.33. The average molecular weight is 195 g/mol. The molecule has 5 nitrogen and oxygen atoms in total. The van der Waals surface area contributed by atoms with E-state index in [0.717, 1.165) is 25.0 Å². The van der Waals surface area contributed by atoms with Gasteiger partial charge in [-0.25, -0.2) is 0 Å². The molecule has 0 fully saturated rings. The summed E-state index contributed by atoms with van der Waals surface area (Å²) >= 11 is 0. The molecular weight excluding hydrogens is 182 g/mol. The Morgan fingerprint density at radius 3 is 3.07 bits per heavy atom. The van der Waals surface area contributed by atoms with Gasteiger partial charge < -0.3 is 9.84 Å². The van der Waals surface area contributed by atoms with Gasteiger partial charge in [-0.3, -0.25) is 0 Å². The van der Waals surface area contributed by atoms with Gasteiger partial charge in [-0.15, -0.1) is 0 Å². The van der Waals surface area contributed by atoms with E-state index in [-0.39, 0.29) is 0 Å². The Morgan fingerprint density at radius 1 is 1.64 bits per heavy atom. The normalized spacial score (nSPS) is 18.6. The van der Waals surface area contributed by atoms with Gasteiger partial charge >= 0.3 is 0 Å². The summed E-state index contributed by atoms with van der Waals surface area (Å²) in [5, 5.41) is 17.8. The largest absolute Gasteiger partial charge is 0.501 e. The fourth-order valence-electron chi connectivity index (χ4n) is 1.46. The third-order valence-electron chi connectivity index (χ3n) is 2.21. The van der Waals surface area contributed by atoms with E-state index in [0.29, 0.717) is 5.69 Å². The molecule has 5 heteroatoms. The summed E-state index contributed by atoms with van der Waals surface area (Å²) in [6, 6.07) is 0. The maximum Gasteiger partial charge on any atom is 0.124 e. The molecule has 14 heavy (non-hydrogen) atoms. The highest BCUT2D eigenvalue weighted by atomic mass is 16.5. The zero-order valence-electron chi connectivity index (χ0n) is 8.05. The molecule has 1 atom stereocenters. The minimum atomic E-state index is -0.677. The van der Waals surface area contributed by atoms with Crippen LogP contribution in [0.4, 0.5) is 0 Å². The Hall–Kier alpha value is -1.36. The van der Waals surface area contributed by atoms with E-state index in [1.807, 2.05) is 0 Å².